The number of allylic oxidation sites excluding steroid dienone is 2. The van der Waals surface area contributed by atoms with Crippen molar-refractivity contribution in [2.45, 2.75) is 32.6 Å². The van der Waals surface area contributed by atoms with Gasteiger partial charge in [-0.15, -0.1) is 0 Å². The first-order chi connectivity index (χ1) is 5.66. The molecule has 0 spiro atoms. The molecule has 3 heteroatoms. The number of hydrogen-bond donors (Lipinski definition) is 0. The summed E-state index contributed by atoms with van der Waals surface area (Å²) >= 11 is 0. The fraction of sp³-hybridized carbons (Fsp3) is 0.667. The highest BCUT2D eigenvalue weighted by molar-refractivity contribution is 5.65. The molecule has 12 heavy (non-hydrogen) atoms. The predicted octanol–water partition coefficient (Wildman–Crippen LogP) is 2.59. The Morgan fingerprint density at radius 2 is 2.17 bits per heavy atom. The van der Waals surface area contributed by atoms with Crippen LogP contribution in [-0.2, 0) is 9.53 Å². The molecule has 0 fully saturated rings. The van der Waals surface area contributed by atoms with Gasteiger partial charge in [0.2, 0.25) is 0 Å². The quantitative estimate of drug-likeness (QED) is 0.527. The standard InChI is InChI=1S/C6H9F.C3H6O2/c7-6-4-2-1-3-5-6;1-3(4)5-2/h4H,1-3,5H2;1-2H3. The third-order valence-corrected chi connectivity index (χ3v) is 1.52. The van der Waals surface area contributed by atoms with Gasteiger partial charge in [0.05, 0.1) is 12.9 Å². The van der Waals surface area contributed by atoms with Crippen molar-refractivity contribution in [3.63, 3.8) is 0 Å². The topological polar surface area (TPSA) is 26.3 Å². The number of methoxy groups -OCH3 is 1. The molecule has 0 aromatic rings. The van der Waals surface area contributed by atoms with Crippen molar-refractivity contribution < 1.29 is 13.9 Å². The zero-order valence-electron chi connectivity index (χ0n) is 7.60. The lowest BCUT2D eigenvalue weighted by molar-refractivity contribution is -0.137. The maximum Gasteiger partial charge on any atom is 0.302 e. The number of rotatable bonds is 0. The van der Waals surface area contributed by atoms with Crippen molar-refractivity contribution in [3.05, 3.63) is 11.9 Å². The number of carbonyl (C=O) groups is 1. The van der Waals surface area contributed by atoms with Gasteiger partial charge in [0.25, 0.3) is 0 Å². The van der Waals surface area contributed by atoms with Crippen LogP contribution in [-0.4, -0.2) is 13.1 Å². The Kier molecular flexibility index (Phi) is 6.34. The molecule has 0 saturated carbocycles. The molecule has 0 saturated heterocycles. The van der Waals surface area contributed by atoms with Crippen LogP contribution in [0.1, 0.15) is 32.6 Å². The molecule has 0 atom stereocenters. The van der Waals surface area contributed by atoms with E-state index in [2.05, 4.69) is 4.74 Å². The highest BCUT2D eigenvalue weighted by Crippen LogP contribution is 2.17. The molecule has 0 unspecified atom stereocenters. The summed E-state index contributed by atoms with van der Waals surface area (Å²) in [7, 11) is 1.35. The van der Waals surface area contributed by atoms with E-state index in [1.165, 1.54) is 20.5 Å². The summed E-state index contributed by atoms with van der Waals surface area (Å²) in [6.07, 6.45) is 5.53. The summed E-state index contributed by atoms with van der Waals surface area (Å²) in [5, 5.41) is 0. The molecular weight excluding hydrogens is 159 g/mol. The fourth-order valence-electron chi connectivity index (χ4n) is 0.799. The van der Waals surface area contributed by atoms with E-state index in [1.807, 2.05) is 0 Å². The van der Waals surface area contributed by atoms with Crippen LogP contribution in [0.2, 0.25) is 0 Å². The minimum atomic E-state index is -0.245. The molecule has 0 bridgehead atoms. The second kappa shape index (κ2) is 6.83. The van der Waals surface area contributed by atoms with Crippen LogP contribution in [0.5, 0.6) is 0 Å². The Hall–Kier alpha value is -0.860. The van der Waals surface area contributed by atoms with Gasteiger partial charge in [-0.3, -0.25) is 4.79 Å². The van der Waals surface area contributed by atoms with Crippen LogP contribution in [0.25, 0.3) is 0 Å². The Morgan fingerprint density at radius 3 is 2.33 bits per heavy atom. The van der Waals surface area contributed by atoms with Gasteiger partial charge < -0.3 is 4.74 Å². The molecular formula is C9H15FO2. The van der Waals surface area contributed by atoms with Gasteiger partial charge in [0.15, 0.2) is 0 Å². The van der Waals surface area contributed by atoms with Gasteiger partial charge in [-0.05, 0) is 25.7 Å². The summed E-state index contributed by atoms with van der Waals surface area (Å²) in [4.78, 5) is 9.59. The van der Waals surface area contributed by atoms with Crippen molar-refractivity contribution in [2.75, 3.05) is 7.11 Å². The van der Waals surface area contributed by atoms with E-state index in [0.29, 0.717) is 6.42 Å². The Morgan fingerprint density at radius 1 is 1.58 bits per heavy atom. The zero-order valence-corrected chi connectivity index (χ0v) is 7.60. The van der Waals surface area contributed by atoms with E-state index in [9.17, 15) is 9.18 Å². The van der Waals surface area contributed by atoms with E-state index >= 15 is 0 Å². The van der Waals surface area contributed by atoms with Gasteiger partial charge in [0, 0.05) is 6.92 Å². The first-order valence-electron chi connectivity index (χ1n) is 4.06. The van der Waals surface area contributed by atoms with Gasteiger partial charge in [-0.2, -0.15) is 0 Å². The third kappa shape index (κ3) is 7.25. The van der Waals surface area contributed by atoms with Crippen molar-refractivity contribution in [1.82, 2.24) is 0 Å². The molecule has 2 nitrogen and oxygen atoms in total. The number of halogens is 1. The summed E-state index contributed by atoms with van der Waals surface area (Å²) in [5.74, 6) is -0.156. The van der Waals surface area contributed by atoms with Gasteiger partial charge in [0.1, 0.15) is 0 Å². The number of hydrogen-bond acceptors (Lipinski definition) is 2. The van der Waals surface area contributed by atoms with Crippen molar-refractivity contribution in [2.24, 2.45) is 0 Å². The largest absolute Gasteiger partial charge is 0.469 e. The van der Waals surface area contributed by atoms with Crippen LogP contribution in [0.15, 0.2) is 11.9 Å². The number of esters is 1. The molecule has 0 aromatic carbocycles. The molecule has 0 N–H and O–H groups in total. The van der Waals surface area contributed by atoms with Gasteiger partial charge in [-0.25, -0.2) is 4.39 Å². The van der Waals surface area contributed by atoms with Crippen LogP contribution in [0.3, 0.4) is 0 Å². The smallest absolute Gasteiger partial charge is 0.302 e. The first kappa shape index (κ1) is 11.1. The maximum absolute atomic E-state index is 12.0. The summed E-state index contributed by atoms with van der Waals surface area (Å²) in [6, 6.07) is 0. The van der Waals surface area contributed by atoms with Gasteiger partial charge in [-0.1, -0.05) is 6.08 Å². The van der Waals surface area contributed by atoms with Gasteiger partial charge >= 0.3 is 5.97 Å². The third-order valence-electron chi connectivity index (χ3n) is 1.52. The maximum atomic E-state index is 12.0. The lowest BCUT2D eigenvalue weighted by atomic mass is 10.1. The molecule has 0 heterocycles. The molecule has 0 amide bonds. The second-order valence-electron chi connectivity index (χ2n) is 2.59. The normalized spacial score (nSPS) is 15.4. The average Bonchev–Trinajstić information content (AvgIpc) is 2.07. The minimum absolute atomic E-state index is 0.0891. The lowest BCUT2D eigenvalue weighted by Gasteiger charge is -2.02. The predicted molar refractivity (Wildman–Crippen MR) is 45.3 cm³/mol. The monoisotopic (exact) mass is 174 g/mol. The summed E-state index contributed by atoms with van der Waals surface area (Å²) < 4.78 is 16.2. The fourth-order valence-corrected chi connectivity index (χ4v) is 0.799. The molecule has 1 rings (SSSR count). The molecule has 0 aromatic heterocycles. The van der Waals surface area contributed by atoms with Crippen LogP contribution < -0.4 is 0 Å². The van der Waals surface area contributed by atoms with Crippen LogP contribution in [0.4, 0.5) is 4.39 Å². The van der Waals surface area contributed by atoms with E-state index in [0.717, 1.165) is 12.8 Å². The highest BCUT2D eigenvalue weighted by atomic mass is 19.1. The van der Waals surface area contributed by atoms with E-state index in [4.69, 9.17) is 0 Å². The first-order valence-corrected chi connectivity index (χ1v) is 4.06. The molecule has 70 valence electrons. The number of ether oxygens (including phenoxy) is 1. The lowest BCUT2D eigenvalue weighted by Crippen LogP contribution is -1.88. The SMILES string of the molecule is COC(C)=O.FC1=CCCCC1. The second-order valence-corrected chi connectivity index (χ2v) is 2.59. The van der Waals surface area contributed by atoms with Crippen LogP contribution in [0, 0.1) is 0 Å². The van der Waals surface area contributed by atoms with Crippen molar-refractivity contribution in [1.29, 1.82) is 0 Å². The van der Waals surface area contributed by atoms with E-state index in [-0.39, 0.29) is 11.8 Å². The van der Waals surface area contributed by atoms with E-state index in [1.54, 1.807) is 6.08 Å². The highest BCUT2D eigenvalue weighted by Gasteiger charge is 1.99. The summed E-state index contributed by atoms with van der Waals surface area (Å²) in [6.45, 7) is 1.36. The average molecular weight is 174 g/mol. The summed E-state index contributed by atoms with van der Waals surface area (Å²) in [5.41, 5.74) is 0. The minimum Gasteiger partial charge on any atom is -0.469 e. The molecule has 1 aliphatic carbocycles. The Balaban J connectivity index is 0.000000217. The number of carbonyl (C=O) groups excluding carboxylic acids is 1. The zero-order chi connectivity index (χ0) is 9.40. The molecule has 0 radical (unpaired) electrons. The van der Waals surface area contributed by atoms with Crippen molar-refractivity contribution >= 4 is 5.97 Å². The molecule has 1 aliphatic rings. The Bertz CT molecular complexity index is 164. The van der Waals surface area contributed by atoms with E-state index < -0.39 is 0 Å². The van der Waals surface area contributed by atoms with Crippen molar-refractivity contribution in [3.8, 4) is 0 Å². The molecule has 0 aliphatic heterocycles. The Labute approximate surface area is 72.4 Å². The van der Waals surface area contributed by atoms with Crippen LogP contribution >= 0.6 is 0 Å².